The maximum atomic E-state index is 8.40. The van der Waals surface area contributed by atoms with E-state index < -0.39 is 0 Å². The minimum Gasteiger partial charge on any atom is -0.366 e. The van der Waals surface area contributed by atoms with E-state index in [4.69, 9.17) is 5.39 Å². The molecule has 0 aromatic rings. The van der Waals surface area contributed by atoms with Crippen LogP contribution < -0.4 is 0 Å². The van der Waals surface area contributed by atoms with Crippen molar-refractivity contribution < 1.29 is 0 Å². The van der Waals surface area contributed by atoms with Crippen LogP contribution in [0.4, 0.5) is 0 Å². The van der Waals surface area contributed by atoms with Gasteiger partial charge in [-0.3, -0.25) is 0 Å². The van der Waals surface area contributed by atoms with Gasteiger partial charge in [-0.15, -0.1) is 0 Å². The summed E-state index contributed by atoms with van der Waals surface area (Å²) in [4.78, 5) is 5.18. The van der Waals surface area contributed by atoms with Crippen molar-refractivity contribution in [3.8, 4) is 0 Å². The van der Waals surface area contributed by atoms with E-state index in [1.54, 1.807) is 6.08 Å². The van der Waals surface area contributed by atoms with Gasteiger partial charge in [-0.1, -0.05) is 0 Å². The lowest BCUT2D eigenvalue weighted by Gasteiger charge is -2.14. The summed E-state index contributed by atoms with van der Waals surface area (Å²) in [5.41, 5.74) is 0.712. The Kier molecular flexibility index (Phi) is 2.06. The number of hydrogen-bond acceptors (Lipinski definition) is 2. The topological polar surface area (TPSA) is 31.4 Å². The predicted molar refractivity (Wildman–Crippen MR) is 39.6 cm³/mol. The van der Waals surface area contributed by atoms with Gasteiger partial charge in [0.25, 0.3) is 0 Å². The molecule has 3 heteroatoms. The molecule has 0 fully saturated rings. The Balaban J connectivity index is 2.61. The van der Waals surface area contributed by atoms with Gasteiger partial charge in [-0.25, -0.2) is 0 Å². The lowest BCUT2D eigenvalue weighted by atomic mass is 10.3. The first-order valence-electron chi connectivity index (χ1n) is 3.33. The van der Waals surface area contributed by atoms with E-state index in [1.807, 2.05) is 12.3 Å². The highest BCUT2D eigenvalue weighted by Crippen LogP contribution is 2.06. The van der Waals surface area contributed by atoms with Crippen molar-refractivity contribution in [3.05, 3.63) is 29.0 Å². The average molecular weight is 136 g/mol. The Bertz CT molecular complexity index is 209. The van der Waals surface area contributed by atoms with Crippen molar-refractivity contribution in [1.82, 2.24) is 4.90 Å². The summed E-state index contributed by atoms with van der Waals surface area (Å²) in [5.74, 6) is 0. The minimum atomic E-state index is 0.712. The monoisotopic (exact) mass is 136 g/mol. The van der Waals surface area contributed by atoms with Crippen LogP contribution in [0.1, 0.15) is 6.92 Å². The van der Waals surface area contributed by atoms with Crippen LogP contribution in [0.3, 0.4) is 0 Å². The van der Waals surface area contributed by atoms with E-state index in [1.165, 1.54) is 0 Å². The molecular weight excluding hydrogens is 126 g/mol. The van der Waals surface area contributed by atoms with Crippen molar-refractivity contribution in [2.75, 3.05) is 13.1 Å². The summed E-state index contributed by atoms with van der Waals surface area (Å²) in [7, 11) is 0. The summed E-state index contributed by atoms with van der Waals surface area (Å²) < 4.78 is 0. The fraction of sp³-hybridized carbons (Fsp3) is 0.429. The molecule has 0 unspecified atom stereocenters. The molecule has 10 heavy (non-hydrogen) atoms. The van der Waals surface area contributed by atoms with Crippen LogP contribution in [-0.2, 0) is 0 Å². The normalized spacial score (nSPS) is 16.4. The SMILES string of the molecule is CCN1C=CC=C([N+]#N)C1. The molecule has 0 aliphatic carbocycles. The molecule has 0 atom stereocenters. The summed E-state index contributed by atoms with van der Waals surface area (Å²) in [6, 6.07) is 0. The Labute approximate surface area is 60.3 Å². The van der Waals surface area contributed by atoms with Gasteiger partial charge in [-0.05, 0) is 19.2 Å². The van der Waals surface area contributed by atoms with Gasteiger partial charge in [0.1, 0.15) is 6.54 Å². The molecule has 1 aliphatic heterocycles. The molecule has 0 aromatic carbocycles. The average Bonchev–Trinajstić information content (AvgIpc) is 2.05. The van der Waals surface area contributed by atoms with Crippen LogP contribution in [0, 0.1) is 5.39 Å². The molecule has 1 heterocycles. The molecule has 1 aliphatic rings. The van der Waals surface area contributed by atoms with Crippen molar-refractivity contribution >= 4 is 0 Å². The summed E-state index contributed by atoms with van der Waals surface area (Å²) in [6.07, 6.45) is 5.66. The van der Waals surface area contributed by atoms with E-state index in [0.29, 0.717) is 12.2 Å². The van der Waals surface area contributed by atoms with E-state index in [9.17, 15) is 0 Å². The van der Waals surface area contributed by atoms with E-state index in [-0.39, 0.29) is 0 Å². The van der Waals surface area contributed by atoms with Gasteiger partial charge >= 0.3 is 5.70 Å². The molecule has 0 saturated carbocycles. The zero-order valence-corrected chi connectivity index (χ0v) is 5.99. The minimum absolute atomic E-state index is 0.712. The lowest BCUT2D eigenvalue weighted by Crippen LogP contribution is -2.20. The van der Waals surface area contributed by atoms with Gasteiger partial charge in [0.05, 0.1) is 0 Å². The van der Waals surface area contributed by atoms with Gasteiger partial charge in [0.15, 0.2) is 4.98 Å². The van der Waals surface area contributed by atoms with Gasteiger partial charge in [0.2, 0.25) is 5.39 Å². The van der Waals surface area contributed by atoms with Crippen molar-refractivity contribution in [1.29, 1.82) is 5.39 Å². The first-order valence-corrected chi connectivity index (χ1v) is 3.33. The molecular formula is C7H10N3+. The summed E-state index contributed by atoms with van der Waals surface area (Å²) >= 11 is 0. The summed E-state index contributed by atoms with van der Waals surface area (Å²) in [5, 5.41) is 8.40. The molecule has 3 nitrogen and oxygen atoms in total. The van der Waals surface area contributed by atoms with Crippen LogP contribution in [0.25, 0.3) is 4.98 Å². The predicted octanol–water partition coefficient (Wildman–Crippen LogP) is 1.57. The Hall–Kier alpha value is -1.30. The van der Waals surface area contributed by atoms with Crippen molar-refractivity contribution in [2.24, 2.45) is 0 Å². The van der Waals surface area contributed by atoms with Crippen LogP contribution >= 0.6 is 0 Å². The van der Waals surface area contributed by atoms with Crippen LogP contribution in [0.5, 0.6) is 0 Å². The second kappa shape index (κ2) is 3.02. The smallest absolute Gasteiger partial charge is 0.366 e. The molecule has 0 radical (unpaired) electrons. The third-order valence-corrected chi connectivity index (χ3v) is 1.49. The fourth-order valence-corrected chi connectivity index (χ4v) is 0.871. The highest BCUT2D eigenvalue weighted by molar-refractivity contribution is 5.22. The lowest BCUT2D eigenvalue weighted by molar-refractivity contribution is 0.427. The van der Waals surface area contributed by atoms with Gasteiger partial charge in [0, 0.05) is 12.6 Å². The maximum absolute atomic E-state index is 8.40. The first kappa shape index (κ1) is 6.81. The standard InChI is InChI=1S/C7H10N3/c1-2-10-5-3-4-7(6-10)9-8/h3-5H,2,6H2,1H3/q+1. The number of rotatable bonds is 1. The van der Waals surface area contributed by atoms with Crippen LogP contribution in [-0.4, -0.2) is 18.0 Å². The largest absolute Gasteiger partial charge is 0.380 e. The zero-order chi connectivity index (χ0) is 7.40. The van der Waals surface area contributed by atoms with Crippen molar-refractivity contribution in [2.45, 2.75) is 6.92 Å². The van der Waals surface area contributed by atoms with E-state index >= 15 is 0 Å². The van der Waals surface area contributed by atoms with E-state index in [2.05, 4.69) is 16.8 Å². The highest BCUT2D eigenvalue weighted by Gasteiger charge is 2.14. The van der Waals surface area contributed by atoms with Crippen molar-refractivity contribution in [3.63, 3.8) is 0 Å². The van der Waals surface area contributed by atoms with Gasteiger partial charge in [-0.2, -0.15) is 0 Å². The molecule has 0 bridgehead atoms. The first-order chi connectivity index (χ1) is 4.86. The Morgan fingerprint density at radius 2 is 2.60 bits per heavy atom. The number of likely N-dealkylation sites (N-methyl/N-ethyl adjacent to an activating group) is 1. The molecule has 0 spiro atoms. The number of nitrogens with zero attached hydrogens (tertiary/aromatic N) is 3. The molecule has 1 rings (SSSR count). The second-order valence-corrected chi connectivity index (χ2v) is 2.16. The third-order valence-electron chi connectivity index (χ3n) is 1.49. The third kappa shape index (κ3) is 1.35. The molecule has 0 saturated heterocycles. The molecule has 52 valence electrons. The second-order valence-electron chi connectivity index (χ2n) is 2.16. The molecule has 0 aromatic heterocycles. The van der Waals surface area contributed by atoms with E-state index in [0.717, 1.165) is 6.54 Å². The quantitative estimate of drug-likeness (QED) is 0.512. The number of hydrogen-bond donors (Lipinski definition) is 0. The molecule has 0 amide bonds. The number of diazo groups is 1. The summed E-state index contributed by atoms with van der Waals surface area (Å²) in [6.45, 7) is 3.72. The molecule has 0 N–H and O–H groups in total. The van der Waals surface area contributed by atoms with Crippen LogP contribution in [0.2, 0.25) is 0 Å². The maximum Gasteiger partial charge on any atom is 0.380 e. The number of allylic oxidation sites excluding steroid dienone is 2. The fourth-order valence-electron chi connectivity index (χ4n) is 0.871. The zero-order valence-electron chi connectivity index (χ0n) is 5.99. The Morgan fingerprint density at radius 1 is 1.80 bits per heavy atom. The van der Waals surface area contributed by atoms with Crippen LogP contribution in [0.15, 0.2) is 24.0 Å². The van der Waals surface area contributed by atoms with Gasteiger partial charge < -0.3 is 4.90 Å². The highest BCUT2D eigenvalue weighted by atomic mass is 15.1. The Morgan fingerprint density at radius 3 is 3.20 bits per heavy atom.